The van der Waals surface area contributed by atoms with E-state index in [1.54, 1.807) is 32.0 Å². The van der Waals surface area contributed by atoms with E-state index in [-0.39, 0.29) is 5.75 Å². The first-order valence-corrected chi connectivity index (χ1v) is 4.70. The normalized spacial score (nSPS) is 11.7. The van der Waals surface area contributed by atoms with Crippen LogP contribution in [0.4, 0.5) is 0 Å². The maximum atomic E-state index is 9.62. The van der Waals surface area contributed by atoms with Crippen LogP contribution in [0.1, 0.15) is 19.4 Å². The van der Waals surface area contributed by atoms with Crippen LogP contribution in [-0.2, 0) is 5.60 Å². The van der Waals surface area contributed by atoms with Crippen molar-refractivity contribution in [3.8, 4) is 5.75 Å². The number of aromatic hydroxyl groups is 1. The van der Waals surface area contributed by atoms with Gasteiger partial charge in [-0.15, -0.1) is 0 Å². The predicted octanol–water partition coefficient (Wildman–Crippen LogP) is 2.22. The summed E-state index contributed by atoms with van der Waals surface area (Å²) in [7, 11) is 0. The van der Waals surface area contributed by atoms with Gasteiger partial charge in [0.25, 0.3) is 0 Å². The molecule has 0 bridgehead atoms. The van der Waals surface area contributed by atoms with Gasteiger partial charge in [0.1, 0.15) is 5.75 Å². The molecule has 0 aromatic heterocycles. The molecule has 0 radical (unpaired) electrons. The van der Waals surface area contributed by atoms with Crippen LogP contribution in [0.2, 0.25) is 0 Å². The van der Waals surface area contributed by atoms with Crippen molar-refractivity contribution in [2.24, 2.45) is 0 Å². The van der Waals surface area contributed by atoms with Crippen molar-refractivity contribution >= 4 is 22.6 Å². The maximum absolute atomic E-state index is 9.62. The van der Waals surface area contributed by atoms with Crippen LogP contribution in [0.3, 0.4) is 0 Å². The zero-order valence-corrected chi connectivity index (χ0v) is 9.16. The van der Waals surface area contributed by atoms with Crippen LogP contribution in [0.5, 0.6) is 5.75 Å². The van der Waals surface area contributed by atoms with E-state index in [1.807, 2.05) is 22.6 Å². The molecule has 0 aliphatic heterocycles. The average Bonchev–Trinajstić information content (AvgIpc) is 1.92. The smallest absolute Gasteiger partial charge is 0.128 e. The van der Waals surface area contributed by atoms with Crippen LogP contribution in [0, 0.1) is 3.57 Å². The lowest BCUT2D eigenvalue weighted by Gasteiger charge is -2.17. The molecule has 0 heterocycles. The summed E-state index contributed by atoms with van der Waals surface area (Å²) in [6.07, 6.45) is 0. The van der Waals surface area contributed by atoms with E-state index in [0.717, 1.165) is 9.13 Å². The fraction of sp³-hybridized carbons (Fsp3) is 0.333. The predicted molar refractivity (Wildman–Crippen MR) is 56.1 cm³/mol. The van der Waals surface area contributed by atoms with Gasteiger partial charge >= 0.3 is 0 Å². The van der Waals surface area contributed by atoms with Crippen LogP contribution < -0.4 is 0 Å². The Hall–Kier alpha value is -0.290. The van der Waals surface area contributed by atoms with Gasteiger partial charge in [0.05, 0.1) is 9.17 Å². The highest BCUT2D eigenvalue weighted by molar-refractivity contribution is 14.1. The summed E-state index contributed by atoms with van der Waals surface area (Å²) in [6, 6.07) is 5.09. The molecule has 0 saturated heterocycles. The lowest BCUT2D eigenvalue weighted by molar-refractivity contribution is 0.0785. The number of aliphatic hydroxyl groups is 1. The zero-order valence-electron chi connectivity index (χ0n) is 7.00. The molecule has 0 aliphatic carbocycles. The molecule has 3 heteroatoms. The van der Waals surface area contributed by atoms with Crippen molar-refractivity contribution in [2.45, 2.75) is 19.4 Å². The molecular weight excluding hydrogens is 267 g/mol. The standard InChI is InChI=1S/C9H11IO2/c1-9(2,12)6-3-4-8(11)7(10)5-6/h3-5,11-12H,1-2H3. The first-order chi connectivity index (χ1) is 5.41. The van der Waals surface area contributed by atoms with Gasteiger partial charge in [-0.1, -0.05) is 6.07 Å². The molecule has 0 saturated carbocycles. The van der Waals surface area contributed by atoms with Crippen molar-refractivity contribution in [1.82, 2.24) is 0 Å². The minimum atomic E-state index is -0.840. The summed E-state index contributed by atoms with van der Waals surface area (Å²) >= 11 is 2.03. The Morgan fingerprint density at radius 3 is 2.33 bits per heavy atom. The van der Waals surface area contributed by atoms with Gasteiger partial charge in [0.15, 0.2) is 0 Å². The SMILES string of the molecule is CC(C)(O)c1ccc(O)c(I)c1. The van der Waals surface area contributed by atoms with Gasteiger partial charge < -0.3 is 10.2 Å². The first kappa shape index (κ1) is 9.80. The lowest BCUT2D eigenvalue weighted by atomic mass is 9.99. The average molecular weight is 278 g/mol. The summed E-state index contributed by atoms with van der Waals surface area (Å²) in [6.45, 7) is 3.44. The molecule has 1 aromatic carbocycles. The van der Waals surface area contributed by atoms with E-state index in [2.05, 4.69) is 0 Å². The fourth-order valence-corrected chi connectivity index (χ4v) is 1.40. The van der Waals surface area contributed by atoms with Gasteiger partial charge in [-0.25, -0.2) is 0 Å². The van der Waals surface area contributed by atoms with E-state index in [0.29, 0.717) is 0 Å². The van der Waals surface area contributed by atoms with Gasteiger partial charge in [0, 0.05) is 0 Å². The molecule has 0 atom stereocenters. The van der Waals surface area contributed by atoms with Crippen LogP contribution in [0.25, 0.3) is 0 Å². The molecule has 0 spiro atoms. The monoisotopic (exact) mass is 278 g/mol. The molecule has 12 heavy (non-hydrogen) atoms. The Balaban J connectivity index is 3.14. The molecule has 1 rings (SSSR count). The molecular formula is C9H11IO2. The van der Waals surface area contributed by atoms with Crippen molar-refractivity contribution in [3.63, 3.8) is 0 Å². The van der Waals surface area contributed by atoms with Gasteiger partial charge in [-0.3, -0.25) is 0 Å². The van der Waals surface area contributed by atoms with E-state index in [9.17, 15) is 10.2 Å². The molecule has 2 nitrogen and oxygen atoms in total. The molecule has 66 valence electrons. The van der Waals surface area contributed by atoms with E-state index in [1.165, 1.54) is 0 Å². The van der Waals surface area contributed by atoms with Gasteiger partial charge in [-0.05, 0) is 54.1 Å². The number of hydrogen-bond acceptors (Lipinski definition) is 2. The van der Waals surface area contributed by atoms with E-state index < -0.39 is 5.60 Å². The van der Waals surface area contributed by atoms with Gasteiger partial charge in [-0.2, -0.15) is 0 Å². The van der Waals surface area contributed by atoms with E-state index >= 15 is 0 Å². The molecule has 0 fully saturated rings. The molecule has 2 N–H and O–H groups in total. The largest absolute Gasteiger partial charge is 0.507 e. The molecule has 0 unspecified atom stereocenters. The number of phenolic OH excluding ortho intramolecular Hbond substituents is 1. The Morgan fingerprint density at radius 2 is 1.92 bits per heavy atom. The number of phenols is 1. The first-order valence-electron chi connectivity index (χ1n) is 3.62. The third kappa shape index (κ3) is 2.10. The number of rotatable bonds is 1. The summed E-state index contributed by atoms with van der Waals surface area (Å²) < 4.78 is 0.757. The third-order valence-corrected chi connectivity index (χ3v) is 2.52. The summed E-state index contributed by atoms with van der Waals surface area (Å²) in [4.78, 5) is 0. The van der Waals surface area contributed by atoms with E-state index in [4.69, 9.17) is 0 Å². The second-order valence-electron chi connectivity index (χ2n) is 3.23. The van der Waals surface area contributed by atoms with Crippen molar-refractivity contribution in [2.75, 3.05) is 0 Å². The highest BCUT2D eigenvalue weighted by Gasteiger charge is 2.16. The lowest BCUT2D eigenvalue weighted by Crippen LogP contribution is -2.15. The Labute approximate surface area is 85.4 Å². The molecule has 0 amide bonds. The van der Waals surface area contributed by atoms with Crippen LogP contribution in [0.15, 0.2) is 18.2 Å². The Bertz CT molecular complexity index is 289. The quantitative estimate of drug-likeness (QED) is 0.773. The number of hydrogen-bond donors (Lipinski definition) is 2. The third-order valence-electron chi connectivity index (χ3n) is 1.65. The maximum Gasteiger partial charge on any atom is 0.128 e. The minimum absolute atomic E-state index is 0.253. The summed E-state index contributed by atoms with van der Waals surface area (Å²) in [5.74, 6) is 0.253. The van der Waals surface area contributed by atoms with Crippen LogP contribution >= 0.6 is 22.6 Å². The van der Waals surface area contributed by atoms with Crippen LogP contribution in [-0.4, -0.2) is 10.2 Å². The van der Waals surface area contributed by atoms with Crippen molar-refractivity contribution in [1.29, 1.82) is 0 Å². The molecule has 1 aromatic rings. The van der Waals surface area contributed by atoms with Gasteiger partial charge in [0.2, 0.25) is 0 Å². The highest BCUT2D eigenvalue weighted by atomic mass is 127. The molecule has 0 aliphatic rings. The highest BCUT2D eigenvalue weighted by Crippen LogP contribution is 2.26. The number of halogens is 1. The van der Waals surface area contributed by atoms with Crippen molar-refractivity contribution in [3.05, 3.63) is 27.3 Å². The fourth-order valence-electron chi connectivity index (χ4n) is 0.887. The second kappa shape index (κ2) is 3.22. The number of benzene rings is 1. The summed E-state index contributed by atoms with van der Waals surface area (Å²) in [5, 5.41) is 18.8. The zero-order chi connectivity index (χ0) is 9.35. The summed E-state index contributed by atoms with van der Waals surface area (Å²) in [5.41, 5.74) is -0.0298. The second-order valence-corrected chi connectivity index (χ2v) is 4.39. The van der Waals surface area contributed by atoms with Crippen molar-refractivity contribution < 1.29 is 10.2 Å². The Kier molecular flexibility index (Phi) is 2.63. The Morgan fingerprint density at radius 1 is 1.33 bits per heavy atom. The topological polar surface area (TPSA) is 40.5 Å². The minimum Gasteiger partial charge on any atom is -0.507 e.